The highest BCUT2D eigenvalue weighted by Gasteiger charge is 2.48. The largest absolute Gasteiger partial charge is 0.508 e. The van der Waals surface area contributed by atoms with E-state index in [2.05, 4.69) is 47.2 Å². The zero-order chi connectivity index (χ0) is 28.8. The van der Waals surface area contributed by atoms with Gasteiger partial charge in [0.05, 0.1) is 10.0 Å². The Morgan fingerprint density at radius 1 is 0.927 bits per heavy atom. The third kappa shape index (κ3) is 7.42. The number of likely N-dealkylation sites (N-methyl/N-ethyl adjacent to an activating group) is 1. The van der Waals surface area contributed by atoms with E-state index in [1.54, 1.807) is 18.2 Å². The van der Waals surface area contributed by atoms with E-state index in [0.29, 0.717) is 16.5 Å². The summed E-state index contributed by atoms with van der Waals surface area (Å²) in [6.45, 7) is 4.77. The van der Waals surface area contributed by atoms with Crippen LogP contribution >= 0.6 is 23.2 Å². The number of rotatable bonds is 5. The van der Waals surface area contributed by atoms with Gasteiger partial charge in [0.1, 0.15) is 5.75 Å². The molecule has 3 aromatic rings. The number of carbonyl (C=O) groups excluding carboxylic acids is 1. The maximum Gasteiger partial charge on any atom is 0.161 e. The minimum Gasteiger partial charge on any atom is -0.508 e. The summed E-state index contributed by atoms with van der Waals surface area (Å²) < 4.78 is 0. The molecule has 0 amide bonds. The minimum absolute atomic E-state index is 0.0526. The number of phenolic OH excluding ortho intramolecular Hbond substituents is 1. The van der Waals surface area contributed by atoms with Crippen molar-refractivity contribution in [2.45, 2.75) is 56.4 Å². The topological polar surface area (TPSA) is 43.8 Å². The number of ketones is 1. The Kier molecular flexibility index (Phi) is 9.87. The van der Waals surface area contributed by atoms with Crippen LogP contribution in [-0.2, 0) is 16.6 Å². The predicted octanol–water partition coefficient (Wildman–Crippen LogP) is 7.80. The van der Waals surface area contributed by atoms with Gasteiger partial charge in [0, 0.05) is 30.0 Å². The SMILES string of the molecule is CN1CC[C@]2(c3cccc(O)c3)CC(=O)/C(=C/c3ccc(Cl)c(Cl)c3)[C@@H]1C2.c1ccc(CCN2CCCCC2)cc1. The van der Waals surface area contributed by atoms with E-state index in [0.717, 1.165) is 36.1 Å². The summed E-state index contributed by atoms with van der Waals surface area (Å²) >= 11 is 12.1. The van der Waals surface area contributed by atoms with E-state index in [9.17, 15) is 9.90 Å². The minimum atomic E-state index is -0.206. The Morgan fingerprint density at radius 3 is 2.44 bits per heavy atom. The molecule has 0 aromatic heterocycles. The van der Waals surface area contributed by atoms with Crippen molar-refractivity contribution < 1.29 is 9.90 Å². The predicted molar refractivity (Wildman–Crippen MR) is 170 cm³/mol. The van der Waals surface area contributed by atoms with Crippen LogP contribution in [0.2, 0.25) is 10.0 Å². The van der Waals surface area contributed by atoms with Gasteiger partial charge >= 0.3 is 0 Å². The average molecular weight is 592 g/mol. The van der Waals surface area contributed by atoms with Crippen molar-refractivity contribution in [3.8, 4) is 5.75 Å². The molecule has 0 radical (unpaired) electrons. The molecule has 3 fully saturated rings. The lowest BCUT2D eigenvalue weighted by molar-refractivity contribution is -0.120. The molecular formula is C35H40Cl2N2O2. The molecule has 0 unspecified atom stereocenters. The summed E-state index contributed by atoms with van der Waals surface area (Å²) in [6.07, 6.45) is 9.63. The molecule has 3 aromatic carbocycles. The average Bonchev–Trinajstić information content (AvgIpc) is 2.99. The maximum atomic E-state index is 13.2. The van der Waals surface area contributed by atoms with Crippen LogP contribution in [-0.4, -0.2) is 60.0 Å². The summed E-state index contributed by atoms with van der Waals surface area (Å²) in [5.74, 6) is 0.411. The number of benzene rings is 3. The lowest BCUT2D eigenvalue weighted by Gasteiger charge is -2.50. The number of Topliss-reactive ketones (excluding diaryl/α,β-unsaturated/α-hetero) is 1. The molecule has 2 bridgehead atoms. The second-order valence-corrected chi connectivity index (χ2v) is 12.6. The number of phenols is 1. The van der Waals surface area contributed by atoms with Crippen LogP contribution < -0.4 is 0 Å². The zero-order valence-electron chi connectivity index (χ0n) is 23.9. The fourth-order valence-electron chi connectivity index (χ4n) is 6.55. The summed E-state index contributed by atoms with van der Waals surface area (Å²) in [7, 11) is 2.07. The maximum absolute atomic E-state index is 13.2. The van der Waals surface area contributed by atoms with E-state index in [4.69, 9.17) is 23.2 Å². The van der Waals surface area contributed by atoms with E-state index < -0.39 is 0 Å². The van der Waals surface area contributed by atoms with Gasteiger partial charge in [-0.25, -0.2) is 0 Å². The van der Waals surface area contributed by atoms with Crippen molar-refractivity contribution in [1.82, 2.24) is 9.80 Å². The van der Waals surface area contributed by atoms with E-state index in [-0.39, 0.29) is 23.0 Å². The normalized spacial score (nSPS) is 24.1. The molecule has 6 heteroatoms. The van der Waals surface area contributed by atoms with Crippen LogP contribution in [0.3, 0.4) is 0 Å². The van der Waals surface area contributed by atoms with Gasteiger partial charge < -0.3 is 10.0 Å². The van der Waals surface area contributed by atoms with Crippen LogP contribution in [0.1, 0.15) is 55.2 Å². The first-order valence-corrected chi connectivity index (χ1v) is 15.5. The fraction of sp³-hybridized carbons (Fsp3) is 0.400. The smallest absolute Gasteiger partial charge is 0.161 e. The van der Waals surface area contributed by atoms with Crippen molar-refractivity contribution in [3.63, 3.8) is 0 Å². The lowest BCUT2D eigenvalue weighted by Crippen LogP contribution is -2.53. The van der Waals surface area contributed by atoms with Gasteiger partial charge in [-0.2, -0.15) is 0 Å². The standard InChI is InChI=1S/C22H21Cl2NO2.C13H19N/c1-25-8-7-22(15-3-2-4-16(26)11-15)12-20(25)17(21(27)13-22)9-14-5-6-18(23)19(24)10-14;1-3-7-13(8-4-1)9-12-14-10-5-2-6-11-14/h2-6,9-11,20,26H,7-8,12-13H2,1H3;1,3-4,7-8H,2,5-6,9-12H2/b17-9+;/t20-,22+;/m0./s1. The molecule has 3 aliphatic rings. The number of likely N-dealkylation sites (tertiary alicyclic amines) is 2. The van der Waals surface area contributed by atoms with Crippen molar-refractivity contribution >= 4 is 35.1 Å². The molecule has 2 atom stereocenters. The van der Waals surface area contributed by atoms with Crippen molar-refractivity contribution in [3.05, 3.63) is 105 Å². The molecule has 4 nitrogen and oxygen atoms in total. The van der Waals surface area contributed by atoms with Gasteiger partial charge in [-0.05, 0) is 106 Å². The van der Waals surface area contributed by atoms with E-state index in [1.807, 2.05) is 30.3 Å². The molecule has 6 rings (SSSR count). The molecule has 2 heterocycles. The molecule has 41 heavy (non-hydrogen) atoms. The first kappa shape index (κ1) is 29.8. The van der Waals surface area contributed by atoms with Gasteiger partial charge in [0.15, 0.2) is 5.78 Å². The Balaban J connectivity index is 0.000000202. The van der Waals surface area contributed by atoms with Crippen molar-refractivity contribution in [2.75, 3.05) is 33.2 Å². The molecule has 2 saturated heterocycles. The van der Waals surface area contributed by atoms with Crippen LogP contribution in [0.15, 0.2) is 78.4 Å². The Bertz CT molecular complexity index is 1370. The number of halogens is 2. The zero-order valence-corrected chi connectivity index (χ0v) is 25.4. The van der Waals surface area contributed by atoms with Gasteiger partial charge in [-0.15, -0.1) is 0 Å². The van der Waals surface area contributed by atoms with Gasteiger partial charge in [0.25, 0.3) is 0 Å². The van der Waals surface area contributed by atoms with E-state index >= 15 is 0 Å². The highest BCUT2D eigenvalue weighted by molar-refractivity contribution is 6.42. The third-order valence-corrected chi connectivity index (χ3v) is 9.71. The molecule has 1 N–H and O–H groups in total. The third-order valence-electron chi connectivity index (χ3n) is 8.97. The second-order valence-electron chi connectivity index (χ2n) is 11.8. The Labute approximate surface area is 254 Å². The summed E-state index contributed by atoms with van der Waals surface area (Å²) in [5.41, 5.74) is 4.03. The number of hydrogen-bond donors (Lipinski definition) is 1. The number of hydrogen-bond acceptors (Lipinski definition) is 4. The van der Waals surface area contributed by atoms with E-state index in [1.165, 1.54) is 50.9 Å². The quantitative estimate of drug-likeness (QED) is 0.308. The lowest BCUT2D eigenvalue weighted by atomic mass is 9.61. The number of fused-ring (bicyclic) bond motifs is 2. The van der Waals surface area contributed by atoms with Gasteiger partial charge in [-0.1, -0.05) is 78.2 Å². The number of nitrogens with zero attached hydrogens (tertiary/aromatic N) is 2. The Hall–Kier alpha value is -2.63. The molecular weight excluding hydrogens is 551 g/mol. The summed E-state index contributed by atoms with van der Waals surface area (Å²) in [5, 5.41) is 10.9. The molecule has 1 saturated carbocycles. The second kappa shape index (κ2) is 13.6. The number of carbonyl (C=O) groups is 1. The van der Waals surface area contributed by atoms with Crippen molar-refractivity contribution in [2.24, 2.45) is 0 Å². The van der Waals surface area contributed by atoms with Gasteiger partial charge in [0.2, 0.25) is 0 Å². The highest BCUT2D eigenvalue weighted by atomic mass is 35.5. The number of aromatic hydroxyl groups is 1. The summed E-state index contributed by atoms with van der Waals surface area (Å²) in [6, 6.07) is 23.7. The highest BCUT2D eigenvalue weighted by Crippen LogP contribution is 2.48. The van der Waals surface area contributed by atoms with Crippen LogP contribution in [0.4, 0.5) is 0 Å². The van der Waals surface area contributed by atoms with Crippen LogP contribution in [0.25, 0.3) is 6.08 Å². The molecule has 216 valence electrons. The van der Waals surface area contributed by atoms with Crippen LogP contribution in [0.5, 0.6) is 5.75 Å². The monoisotopic (exact) mass is 590 g/mol. The fourth-order valence-corrected chi connectivity index (χ4v) is 6.86. The van der Waals surface area contributed by atoms with Gasteiger partial charge in [-0.3, -0.25) is 9.69 Å². The van der Waals surface area contributed by atoms with Crippen molar-refractivity contribution in [1.29, 1.82) is 0 Å². The Morgan fingerprint density at radius 2 is 1.71 bits per heavy atom. The molecule has 1 aliphatic carbocycles. The molecule has 2 aliphatic heterocycles. The first-order valence-electron chi connectivity index (χ1n) is 14.8. The summed E-state index contributed by atoms with van der Waals surface area (Å²) in [4.78, 5) is 18.0. The first-order chi connectivity index (χ1) is 19.8. The molecule has 0 spiro atoms. The van der Waals surface area contributed by atoms with Crippen LogP contribution in [0, 0.1) is 0 Å². The number of piperidine rings is 2.